The Kier molecular flexibility index (Phi) is 5.35. The maximum atomic E-state index is 5.46. The van der Waals surface area contributed by atoms with E-state index in [1.807, 2.05) is 0 Å². The zero-order valence-electron chi connectivity index (χ0n) is 15.2. The zero-order chi connectivity index (χ0) is 17.0. The highest BCUT2D eigenvalue weighted by Crippen LogP contribution is 2.36. The van der Waals surface area contributed by atoms with Gasteiger partial charge in [0.25, 0.3) is 0 Å². The molecule has 2 heteroatoms. The molecule has 2 aromatic carbocycles. The third-order valence-electron chi connectivity index (χ3n) is 4.77. The van der Waals surface area contributed by atoms with Gasteiger partial charge in [-0.1, -0.05) is 52.0 Å². The number of benzene rings is 2. The monoisotopic (exact) mass is 312 g/mol. The predicted octanol–water partition coefficient (Wildman–Crippen LogP) is 5.15. The van der Waals surface area contributed by atoms with Gasteiger partial charge in [0.1, 0.15) is 11.5 Å². The van der Waals surface area contributed by atoms with E-state index < -0.39 is 0 Å². The van der Waals surface area contributed by atoms with Crippen LogP contribution in [0.25, 0.3) is 0 Å². The van der Waals surface area contributed by atoms with Crippen LogP contribution in [0.15, 0.2) is 36.4 Å². The van der Waals surface area contributed by atoms with Gasteiger partial charge in [-0.2, -0.15) is 0 Å². The van der Waals surface area contributed by atoms with E-state index in [-0.39, 0.29) is 5.41 Å². The molecule has 0 amide bonds. The summed E-state index contributed by atoms with van der Waals surface area (Å²) in [6.07, 6.45) is 1.94. The Labute approximate surface area is 140 Å². The number of ether oxygens (including phenoxy) is 2. The second-order valence-corrected chi connectivity index (χ2v) is 6.39. The molecule has 0 N–H and O–H groups in total. The van der Waals surface area contributed by atoms with Crippen molar-refractivity contribution in [1.29, 1.82) is 0 Å². The van der Waals surface area contributed by atoms with Crippen molar-refractivity contribution in [2.75, 3.05) is 14.2 Å². The summed E-state index contributed by atoms with van der Waals surface area (Å²) in [6, 6.07) is 13.1. The molecule has 2 nitrogen and oxygen atoms in total. The fraction of sp³-hybridized carbons (Fsp3) is 0.429. The first-order chi connectivity index (χ1) is 11.0. The first-order valence-electron chi connectivity index (χ1n) is 8.32. The highest BCUT2D eigenvalue weighted by atomic mass is 16.5. The van der Waals surface area contributed by atoms with Crippen LogP contribution in [0, 0.1) is 0 Å². The van der Waals surface area contributed by atoms with Gasteiger partial charge in [-0.3, -0.25) is 0 Å². The second kappa shape index (κ2) is 7.08. The molecule has 0 aliphatic heterocycles. The molecule has 0 saturated carbocycles. The van der Waals surface area contributed by atoms with Gasteiger partial charge < -0.3 is 9.47 Å². The normalized spacial score (nSPS) is 11.4. The van der Waals surface area contributed by atoms with Crippen LogP contribution in [-0.2, 0) is 18.3 Å². The number of rotatable bonds is 6. The minimum Gasteiger partial charge on any atom is -0.496 e. The summed E-state index contributed by atoms with van der Waals surface area (Å²) in [5.41, 5.74) is 5.06. The summed E-state index contributed by atoms with van der Waals surface area (Å²) in [7, 11) is 3.46. The summed E-state index contributed by atoms with van der Waals surface area (Å²) < 4.78 is 10.9. The van der Waals surface area contributed by atoms with Crippen LogP contribution in [0.4, 0.5) is 0 Å². The van der Waals surface area contributed by atoms with Crippen LogP contribution in [0.3, 0.4) is 0 Å². The van der Waals surface area contributed by atoms with E-state index in [2.05, 4.69) is 64.1 Å². The molecule has 2 aromatic rings. The van der Waals surface area contributed by atoms with E-state index in [9.17, 15) is 0 Å². The summed E-state index contributed by atoms with van der Waals surface area (Å²) in [4.78, 5) is 0. The average Bonchev–Trinajstić information content (AvgIpc) is 2.60. The SMILES string of the molecule is CCc1cc(C(C)(C)c2ccc(OC)c(CC)c2)ccc1OC. The minimum atomic E-state index is -0.0631. The van der Waals surface area contributed by atoms with E-state index in [1.165, 1.54) is 22.3 Å². The predicted molar refractivity (Wildman–Crippen MR) is 96.9 cm³/mol. The smallest absolute Gasteiger partial charge is 0.122 e. The molecule has 0 saturated heterocycles. The Balaban J connectivity index is 2.49. The molecule has 0 atom stereocenters. The van der Waals surface area contributed by atoms with Crippen molar-refractivity contribution in [2.24, 2.45) is 0 Å². The van der Waals surface area contributed by atoms with Crippen molar-refractivity contribution >= 4 is 0 Å². The lowest BCUT2D eigenvalue weighted by Gasteiger charge is -2.28. The van der Waals surface area contributed by atoms with E-state index in [1.54, 1.807) is 14.2 Å². The number of hydrogen-bond donors (Lipinski definition) is 0. The first kappa shape index (κ1) is 17.4. The van der Waals surface area contributed by atoms with Crippen molar-refractivity contribution in [1.82, 2.24) is 0 Å². The molecular formula is C21H28O2. The van der Waals surface area contributed by atoms with Crippen LogP contribution in [0.1, 0.15) is 49.9 Å². The van der Waals surface area contributed by atoms with Crippen molar-refractivity contribution in [3.8, 4) is 11.5 Å². The topological polar surface area (TPSA) is 18.5 Å². The van der Waals surface area contributed by atoms with Gasteiger partial charge in [-0.05, 0) is 47.2 Å². The highest BCUT2D eigenvalue weighted by Gasteiger charge is 2.25. The van der Waals surface area contributed by atoms with E-state index in [0.29, 0.717) is 0 Å². The molecule has 23 heavy (non-hydrogen) atoms. The van der Waals surface area contributed by atoms with Crippen LogP contribution in [-0.4, -0.2) is 14.2 Å². The van der Waals surface area contributed by atoms with Crippen LogP contribution in [0.5, 0.6) is 11.5 Å². The Bertz CT molecular complexity index is 614. The molecule has 0 fully saturated rings. The van der Waals surface area contributed by atoms with Gasteiger partial charge >= 0.3 is 0 Å². The fourth-order valence-corrected chi connectivity index (χ4v) is 3.05. The van der Waals surface area contributed by atoms with Gasteiger partial charge in [-0.25, -0.2) is 0 Å². The van der Waals surface area contributed by atoms with E-state index >= 15 is 0 Å². The van der Waals surface area contributed by atoms with Gasteiger partial charge in [0.05, 0.1) is 14.2 Å². The number of methoxy groups -OCH3 is 2. The lowest BCUT2D eigenvalue weighted by Crippen LogP contribution is -2.19. The van der Waals surface area contributed by atoms with Crippen LogP contribution >= 0.6 is 0 Å². The van der Waals surface area contributed by atoms with Crippen molar-refractivity contribution in [3.05, 3.63) is 58.7 Å². The molecule has 2 rings (SSSR count). The Morgan fingerprint density at radius 1 is 0.739 bits per heavy atom. The van der Waals surface area contributed by atoms with Gasteiger partial charge in [0, 0.05) is 5.41 Å². The Morgan fingerprint density at radius 3 is 1.43 bits per heavy atom. The fourth-order valence-electron chi connectivity index (χ4n) is 3.05. The van der Waals surface area contributed by atoms with Crippen LogP contribution in [0.2, 0.25) is 0 Å². The summed E-state index contributed by atoms with van der Waals surface area (Å²) in [5.74, 6) is 1.94. The largest absolute Gasteiger partial charge is 0.496 e. The van der Waals surface area contributed by atoms with Gasteiger partial charge in [-0.15, -0.1) is 0 Å². The third-order valence-corrected chi connectivity index (χ3v) is 4.77. The molecule has 0 radical (unpaired) electrons. The highest BCUT2D eigenvalue weighted by molar-refractivity contribution is 5.47. The minimum absolute atomic E-state index is 0.0631. The van der Waals surface area contributed by atoms with Crippen molar-refractivity contribution < 1.29 is 9.47 Å². The maximum absolute atomic E-state index is 5.46. The standard InChI is InChI=1S/C21H28O2/c1-7-15-13-17(9-11-19(15)22-5)21(3,4)18-10-12-20(23-6)16(8-2)14-18/h9-14H,7-8H2,1-6H3. The Morgan fingerprint density at radius 2 is 1.13 bits per heavy atom. The average molecular weight is 312 g/mol. The first-order valence-corrected chi connectivity index (χ1v) is 8.32. The zero-order valence-corrected chi connectivity index (χ0v) is 15.2. The molecule has 124 valence electrons. The summed E-state index contributed by atoms with van der Waals surface area (Å²) in [5, 5.41) is 0. The Hall–Kier alpha value is -1.96. The maximum Gasteiger partial charge on any atom is 0.122 e. The quantitative estimate of drug-likeness (QED) is 0.734. The number of hydrogen-bond acceptors (Lipinski definition) is 2. The van der Waals surface area contributed by atoms with E-state index in [4.69, 9.17) is 9.47 Å². The van der Waals surface area contributed by atoms with Gasteiger partial charge in [0.15, 0.2) is 0 Å². The summed E-state index contributed by atoms with van der Waals surface area (Å²) >= 11 is 0. The van der Waals surface area contributed by atoms with Gasteiger partial charge in [0.2, 0.25) is 0 Å². The van der Waals surface area contributed by atoms with Crippen molar-refractivity contribution in [3.63, 3.8) is 0 Å². The van der Waals surface area contributed by atoms with Crippen LogP contribution < -0.4 is 9.47 Å². The molecule has 0 spiro atoms. The van der Waals surface area contributed by atoms with Crippen molar-refractivity contribution in [2.45, 2.75) is 46.0 Å². The third kappa shape index (κ3) is 3.36. The molecule has 0 aliphatic rings. The summed E-state index contributed by atoms with van der Waals surface area (Å²) in [6.45, 7) is 8.87. The second-order valence-electron chi connectivity index (χ2n) is 6.39. The lowest BCUT2D eigenvalue weighted by atomic mass is 9.77. The molecule has 0 heterocycles. The number of aryl methyl sites for hydroxylation is 2. The molecule has 0 bridgehead atoms. The molecule has 0 unspecified atom stereocenters. The lowest BCUT2D eigenvalue weighted by molar-refractivity contribution is 0.409. The molecular weight excluding hydrogens is 284 g/mol. The van der Waals surface area contributed by atoms with E-state index in [0.717, 1.165) is 24.3 Å². The molecule has 0 aromatic heterocycles. The molecule has 0 aliphatic carbocycles.